The van der Waals surface area contributed by atoms with Crippen molar-refractivity contribution in [1.82, 2.24) is 20.0 Å². The summed E-state index contributed by atoms with van der Waals surface area (Å²) < 4.78 is 26.8. The van der Waals surface area contributed by atoms with Crippen LogP contribution in [0.5, 0.6) is 0 Å². The van der Waals surface area contributed by atoms with Gasteiger partial charge < -0.3 is 10.3 Å². The van der Waals surface area contributed by atoms with Crippen molar-refractivity contribution in [3.05, 3.63) is 39.0 Å². The maximum absolute atomic E-state index is 12.2. The molecule has 0 bridgehead atoms. The van der Waals surface area contributed by atoms with Crippen molar-refractivity contribution in [2.45, 2.75) is 18.2 Å². The quantitative estimate of drug-likeness (QED) is 0.510. The number of fused-ring (bicyclic) bond motifs is 1. The number of nitrogens with one attached hydrogen (secondary N) is 4. The van der Waals surface area contributed by atoms with E-state index >= 15 is 0 Å². The molecule has 1 aromatic carbocycles. The Hall–Kier alpha value is -1.97. The van der Waals surface area contributed by atoms with Gasteiger partial charge in [0.15, 0.2) is 0 Å². The van der Waals surface area contributed by atoms with Crippen molar-refractivity contribution < 1.29 is 8.42 Å². The van der Waals surface area contributed by atoms with Crippen LogP contribution in [0, 0.1) is 0 Å². The van der Waals surface area contributed by atoms with Gasteiger partial charge in [-0.1, -0.05) is 6.92 Å². The molecule has 22 heavy (non-hydrogen) atoms. The molecule has 0 fully saturated rings. The Labute approximate surface area is 127 Å². The van der Waals surface area contributed by atoms with Gasteiger partial charge in [0.1, 0.15) is 0 Å². The van der Waals surface area contributed by atoms with Crippen LogP contribution in [0.25, 0.3) is 10.9 Å². The molecule has 2 aromatic rings. The van der Waals surface area contributed by atoms with Crippen molar-refractivity contribution in [3.8, 4) is 0 Å². The molecule has 8 nitrogen and oxygen atoms in total. The number of hydrogen-bond acceptors (Lipinski definition) is 5. The van der Waals surface area contributed by atoms with Crippen LogP contribution in [-0.2, 0) is 10.0 Å². The summed E-state index contributed by atoms with van der Waals surface area (Å²) in [5.41, 5.74) is -0.967. The SMILES string of the molecule is CCCNCCNS(=O)(=O)c1ccc2[nH]c(=O)[nH]c(=O)c2c1. The standard InChI is InChI=1S/C13H18N4O4S/c1-2-5-14-6-7-15-22(20,21)9-3-4-11-10(8-9)12(18)17-13(19)16-11/h3-4,8,14-15H,2,5-7H2,1H3,(H2,16,17,18,19). The van der Waals surface area contributed by atoms with E-state index < -0.39 is 21.3 Å². The predicted octanol–water partition coefficient (Wildman–Crippen LogP) is -0.506. The lowest BCUT2D eigenvalue weighted by Crippen LogP contribution is -2.32. The van der Waals surface area contributed by atoms with Crippen molar-refractivity contribution in [3.63, 3.8) is 0 Å². The lowest BCUT2D eigenvalue weighted by molar-refractivity contribution is 0.575. The molecule has 0 atom stereocenters. The summed E-state index contributed by atoms with van der Waals surface area (Å²) in [6.07, 6.45) is 0.971. The zero-order chi connectivity index (χ0) is 16.2. The molecule has 0 radical (unpaired) electrons. The molecule has 0 aliphatic carbocycles. The number of aromatic nitrogens is 2. The van der Waals surface area contributed by atoms with Crippen molar-refractivity contribution in [1.29, 1.82) is 0 Å². The molecule has 120 valence electrons. The summed E-state index contributed by atoms with van der Waals surface area (Å²) in [5, 5.41) is 3.20. The summed E-state index contributed by atoms with van der Waals surface area (Å²) >= 11 is 0. The monoisotopic (exact) mass is 326 g/mol. The minimum absolute atomic E-state index is 0.0203. The van der Waals surface area contributed by atoms with Crippen LogP contribution in [-0.4, -0.2) is 38.0 Å². The molecule has 0 saturated carbocycles. The highest BCUT2D eigenvalue weighted by atomic mass is 32.2. The van der Waals surface area contributed by atoms with Gasteiger partial charge in [0.05, 0.1) is 15.8 Å². The molecule has 2 rings (SSSR count). The first-order chi connectivity index (χ1) is 10.4. The van der Waals surface area contributed by atoms with E-state index in [0.717, 1.165) is 13.0 Å². The summed E-state index contributed by atoms with van der Waals surface area (Å²) in [6.45, 7) is 3.62. The Morgan fingerprint density at radius 2 is 1.86 bits per heavy atom. The van der Waals surface area contributed by atoms with Gasteiger partial charge in [0, 0.05) is 13.1 Å². The van der Waals surface area contributed by atoms with E-state index in [-0.39, 0.29) is 22.3 Å². The number of H-pyrrole nitrogens is 2. The third kappa shape index (κ3) is 3.81. The highest BCUT2D eigenvalue weighted by Gasteiger charge is 2.14. The van der Waals surface area contributed by atoms with Crippen LogP contribution in [0.15, 0.2) is 32.7 Å². The molecule has 0 aliphatic heterocycles. The summed E-state index contributed by atoms with van der Waals surface area (Å²) in [4.78, 5) is 27.4. The maximum atomic E-state index is 12.2. The Morgan fingerprint density at radius 1 is 1.09 bits per heavy atom. The first-order valence-electron chi connectivity index (χ1n) is 6.91. The Morgan fingerprint density at radius 3 is 2.59 bits per heavy atom. The van der Waals surface area contributed by atoms with Crippen LogP contribution in [0.3, 0.4) is 0 Å². The molecule has 0 aliphatic rings. The second-order valence-electron chi connectivity index (χ2n) is 4.76. The number of aromatic amines is 2. The third-order valence-electron chi connectivity index (χ3n) is 3.04. The third-order valence-corrected chi connectivity index (χ3v) is 4.50. The molecule has 0 spiro atoms. The van der Waals surface area contributed by atoms with E-state index in [2.05, 4.69) is 20.0 Å². The van der Waals surface area contributed by atoms with Gasteiger partial charge in [-0.3, -0.25) is 9.78 Å². The minimum Gasteiger partial charge on any atom is -0.315 e. The molecule has 0 saturated heterocycles. The fraction of sp³-hybridized carbons (Fsp3) is 0.385. The molecular weight excluding hydrogens is 308 g/mol. The molecule has 0 amide bonds. The van der Waals surface area contributed by atoms with E-state index in [1.54, 1.807) is 0 Å². The minimum atomic E-state index is -3.70. The van der Waals surface area contributed by atoms with Crippen LogP contribution >= 0.6 is 0 Å². The highest BCUT2D eigenvalue weighted by molar-refractivity contribution is 7.89. The molecule has 0 unspecified atom stereocenters. The molecule has 1 heterocycles. The summed E-state index contributed by atoms with van der Waals surface area (Å²) in [7, 11) is -3.70. The first kappa shape index (κ1) is 16.4. The number of sulfonamides is 1. The van der Waals surface area contributed by atoms with Crippen molar-refractivity contribution in [2.75, 3.05) is 19.6 Å². The predicted molar refractivity (Wildman–Crippen MR) is 83.5 cm³/mol. The molecule has 9 heteroatoms. The molecular formula is C13H18N4O4S. The Bertz CT molecular complexity index is 869. The van der Waals surface area contributed by atoms with Crippen LogP contribution in [0.2, 0.25) is 0 Å². The Balaban J connectivity index is 2.23. The maximum Gasteiger partial charge on any atom is 0.326 e. The topological polar surface area (TPSA) is 124 Å². The summed E-state index contributed by atoms with van der Waals surface area (Å²) in [6, 6.07) is 3.99. The molecule has 1 aromatic heterocycles. The highest BCUT2D eigenvalue weighted by Crippen LogP contribution is 2.13. The fourth-order valence-electron chi connectivity index (χ4n) is 1.97. The molecule has 4 N–H and O–H groups in total. The lowest BCUT2D eigenvalue weighted by Gasteiger charge is -2.08. The normalized spacial score (nSPS) is 11.9. The fourth-order valence-corrected chi connectivity index (χ4v) is 3.03. The second-order valence-corrected chi connectivity index (χ2v) is 6.53. The van der Waals surface area contributed by atoms with Gasteiger partial charge in [-0.2, -0.15) is 0 Å². The zero-order valence-corrected chi connectivity index (χ0v) is 12.9. The van der Waals surface area contributed by atoms with Crippen molar-refractivity contribution >= 4 is 20.9 Å². The summed E-state index contributed by atoms with van der Waals surface area (Å²) in [5.74, 6) is 0. The van der Waals surface area contributed by atoms with Gasteiger partial charge in [0.25, 0.3) is 5.56 Å². The van der Waals surface area contributed by atoms with Gasteiger partial charge in [-0.15, -0.1) is 0 Å². The van der Waals surface area contributed by atoms with E-state index in [4.69, 9.17) is 0 Å². The first-order valence-corrected chi connectivity index (χ1v) is 8.39. The Kier molecular flexibility index (Phi) is 5.11. The second kappa shape index (κ2) is 6.86. The lowest BCUT2D eigenvalue weighted by atomic mass is 10.2. The van der Waals surface area contributed by atoms with Gasteiger partial charge >= 0.3 is 5.69 Å². The van der Waals surface area contributed by atoms with Gasteiger partial charge in [0.2, 0.25) is 10.0 Å². The van der Waals surface area contributed by atoms with Crippen molar-refractivity contribution in [2.24, 2.45) is 0 Å². The number of hydrogen-bond donors (Lipinski definition) is 4. The van der Waals surface area contributed by atoms with Gasteiger partial charge in [-0.25, -0.2) is 17.9 Å². The van der Waals surface area contributed by atoms with Crippen LogP contribution in [0.1, 0.15) is 13.3 Å². The zero-order valence-electron chi connectivity index (χ0n) is 12.1. The average molecular weight is 326 g/mol. The van der Waals surface area contributed by atoms with E-state index in [1.807, 2.05) is 6.92 Å². The van der Waals surface area contributed by atoms with Crippen LogP contribution < -0.4 is 21.3 Å². The largest absolute Gasteiger partial charge is 0.326 e. The number of benzene rings is 1. The average Bonchev–Trinajstić information content (AvgIpc) is 2.46. The van der Waals surface area contributed by atoms with Crippen LogP contribution in [0.4, 0.5) is 0 Å². The van der Waals surface area contributed by atoms with Gasteiger partial charge in [-0.05, 0) is 31.2 Å². The van der Waals surface area contributed by atoms with E-state index in [0.29, 0.717) is 6.54 Å². The van der Waals surface area contributed by atoms with E-state index in [9.17, 15) is 18.0 Å². The van der Waals surface area contributed by atoms with E-state index in [1.165, 1.54) is 18.2 Å². The smallest absolute Gasteiger partial charge is 0.315 e. The number of rotatable bonds is 7.